The predicted molar refractivity (Wildman–Crippen MR) is 145 cm³/mol. The van der Waals surface area contributed by atoms with E-state index in [2.05, 4.69) is 105 Å². The highest BCUT2D eigenvalue weighted by molar-refractivity contribution is 5.63. The van der Waals surface area contributed by atoms with E-state index in [0.717, 1.165) is 45.0 Å². The quantitative estimate of drug-likeness (QED) is 0.429. The molecule has 3 heteroatoms. The van der Waals surface area contributed by atoms with Crippen LogP contribution in [0.1, 0.15) is 44.5 Å². The van der Waals surface area contributed by atoms with E-state index in [0.29, 0.717) is 0 Å². The zero-order valence-corrected chi connectivity index (χ0v) is 21.8. The number of hydrogen-bond acceptors (Lipinski definition) is 3. The summed E-state index contributed by atoms with van der Waals surface area (Å²) in [4.78, 5) is 9.79. The standard InChI is InChI=1S/C31H39N3/c1-22-9-10-29(27(6)26(22)5)8-7-13-33-14-16-34(17-15-33)21-28-11-12-32-31(20-28)30-18-23(2)25(4)24(3)19-30/h7-12,18-20H,13-17,21H2,1-6H3/b8-7+. The van der Waals surface area contributed by atoms with Crippen LogP contribution in [0.5, 0.6) is 0 Å². The van der Waals surface area contributed by atoms with Gasteiger partial charge in [-0.2, -0.15) is 0 Å². The van der Waals surface area contributed by atoms with Crippen molar-refractivity contribution in [1.82, 2.24) is 14.8 Å². The molecular weight excluding hydrogens is 414 g/mol. The van der Waals surface area contributed by atoms with Crippen molar-refractivity contribution in [3.05, 3.63) is 93.2 Å². The van der Waals surface area contributed by atoms with Gasteiger partial charge >= 0.3 is 0 Å². The molecule has 0 radical (unpaired) electrons. The molecule has 1 aromatic heterocycles. The first-order chi connectivity index (χ1) is 16.3. The molecule has 0 spiro atoms. The number of piperazine rings is 1. The smallest absolute Gasteiger partial charge is 0.0705 e. The van der Waals surface area contributed by atoms with Crippen LogP contribution in [-0.4, -0.2) is 47.5 Å². The molecule has 34 heavy (non-hydrogen) atoms. The lowest BCUT2D eigenvalue weighted by Crippen LogP contribution is -2.45. The van der Waals surface area contributed by atoms with Crippen LogP contribution in [0.25, 0.3) is 17.3 Å². The first-order valence-corrected chi connectivity index (χ1v) is 12.5. The van der Waals surface area contributed by atoms with Crippen LogP contribution in [-0.2, 0) is 6.54 Å². The largest absolute Gasteiger partial charge is 0.297 e. The minimum Gasteiger partial charge on any atom is -0.297 e. The predicted octanol–water partition coefficient (Wildman–Crippen LogP) is 6.43. The number of aromatic nitrogens is 1. The Labute approximate surface area is 206 Å². The van der Waals surface area contributed by atoms with Gasteiger partial charge in [-0.05, 0) is 110 Å². The molecule has 1 saturated heterocycles. The summed E-state index contributed by atoms with van der Waals surface area (Å²) in [6, 6.07) is 13.4. The molecule has 0 bridgehead atoms. The van der Waals surface area contributed by atoms with Crippen molar-refractivity contribution in [2.24, 2.45) is 0 Å². The van der Waals surface area contributed by atoms with Gasteiger partial charge in [0.25, 0.3) is 0 Å². The Morgan fingerprint density at radius 1 is 0.735 bits per heavy atom. The summed E-state index contributed by atoms with van der Waals surface area (Å²) < 4.78 is 0. The molecular formula is C31H39N3. The van der Waals surface area contributed by atoms with Gasteiger partial charge in [0.05, 0.1) is 5.69 Å². The summed E-state index contributed by atoms with van der Waals surface area (Å²) >= 11 is 0. The third-order valence-corrected chi connectivity index (χ3v) is 7.68. The molecule has 0 N–H and O–H groups in total. The van der Waals surface area contributed by atoms with Gasteiger partial charge in [-0.3, -0.25) is 14.8 Å². The normalized spacial score (nSPS) is 15.4. The Morgan fingerprint density at radius 3 is 2.12 bits per heavy atom. The third kappa shape index (κ3) is 5.65. The second-order valence-electron chi connectivity index (χ2n) is 9.99. The van der Waals surface area contributed by atoms with Crippen LogP contribution in [0.4, 0.5) is 0 Å². The number of benzene rings is 2. The highest BCUT2D eigenvalue weighted by Crippen LogP contribution is 2.24. The van der Waals surface area contributed by atoms with E-state index in [9.17, 15) is 0 Å². The van der Waals surface area contributed by atoms with Gasteiger partial charge in [0.15, 0.2) is 0 Å². The number of pyridine rings is 1. The lowest BCUT2D eigenvalue weighted by atomic mass is 9.98. The van der Waals surface area contributed by atoms with Crippen LogP contribution < -0.4 is 0 Å². The van der Waals surface area contributed by atoms with Crippen LogP contribution in [0, 0.1) is 41.5 Å². The lowest BCUT2D eigenvalue weighted by Gasteiger charge is -2.34. The maximum atomic E-state index is 4.67. The first-order valence-electron chi connectivity index (χ1n) is 12.5. The molecule has 0 saturated carbocycles. The second kappa shape index (κ2) is 10.7. The van der Waals surface area contributed by atoms with Gasteiger partial charge in [0, 0.05) is 51.0 Å². The van der Waals surface area contributed by atoms with Crippen molar-refractivity contribution in [3.63, 3.8) is 0 Å². The molecule has 0 atom stereocenters. The third-order valence-electron chi connectivity index (χ3n) is 7.68. The molecule has 1 fully saturated rings. The van der Waals surface area contributed by atoms with Crippen LogP contribution in [0.2, 0.25) is 0 Å². The maximum absolute atomic E-state index is 4.67. The fourth-order valence-corrected chi connectivity index (χ4v) is 4.79. The summed E-state index contributed by atoms with van der Waals surface area (Å²) in [5, 5.41) is 0. The molecule has 1 aliphatic heterocycles. The van der Waals surface area contributed by atoms with Gasteiger partial charge in [-0.1, -0.05) is 24.3 Å². The molecule has 0 unspecified atom stereocenters. The minimum absolute atomic E-state index is 0.991. The number of hydrogen-bond donors (Lipinski definition) is 0. The summed E-state index contributed by atoms with van der Waals surface area (Å²) in [6.45, 7) is 19.7. The fourth-order valence-electron chi connectivity index (χ4n) is 4.79. The monoisotopic (exact) mass is 453 g/mol. The highest BCUT2D eigenvalue weighted by atomic mass is 15.3. The van der Waals surface area contributed by atoms with E-state index in [4.69, 9.17) is 0 Å². The van der Waals surface area contributed by atoms with Crippen molar-refractivity contribution >= 4 is 6.08 Å². The Kier molecular flexibility index (Phi) is 7.65. The maximum Gasteiger partial charge on any atom is 0.0705 e. The van der Waals surface area contributed by atoms with E-state index >= 15 is 0 Å². The van der Waals surface area contributed by atoms with Gasteiger partial charge in [-0.25, -0.2) is 0 Å². The van der Waals surface area contributed by atoms with Crippen LogP contribution >= 0.6 is 0 Å². The SMILES string of the molecule is Cc1cc(-c2cc(CN3CCN(C/C=C/c4ccc(C)c(C)c4C)CC3)ccn2)cc(C)c1C. The summed E-state index contributed by atoms with van der Waals surface area (Å²) in [5.41, 5.74) is 13.2. The summed E-state index contributed by atoms with van der Waals surface area (Å²) in [7, 11) is 0. The zero-order chi connectivity index (χ0) is 24.2. The molecule has 3 nitrogen and oxygen atoms in total. The first kappa shape index (κ1) is 24.4. The van der Waals surface area contributed by atoms with E-state index < -0.39 is 0 Å². The Hall–Kier alpha value is -2.75. The van der Waals surface area contributed by atoms with Crippen molar-refractivity contribution in [2.45, 2.75) is 48.1 Å². The Balaban J connectivity index is 1.32. The lowest BCUT2D eigenvalue weighted by molar-refractivity contribution is 0.137. The number of aryl methyl sites for hydroxylation is 3. The molecule has 3 aromatic rings. The average molecular weight is 454 g/mol. The summed E-state index contributed by atoms with van der Waals surface area (Å²) in [5.74, 6) is 0. The Bertz CT molecular complexity index is 1160. The van der Waals surface area contributed by atoms with Crippen molar-refractivity contribution in [2.75, 3.05) is 32.7 Å². The molecule has 4 rings (SSSR count). The minimum atomic E-state index is 0.991. The number of nitrogens with zero attached hydrogens (tertiary/aromatic N) is 3. The molecule has 178 valence electrons. The van der Waals surface area contributed by atoms with Gasteiger partial charge in [-0.15, -0.1) is 0 Å². The van der Waals surface area contributed by atoms with Crippen LogP contribution in [0.15, 0.2) is 48.7 Å². The van der Waals surface area contributed by atoms with Crippen molar-refractivity contribution in [3.8, 4) is 11.3 Å². The van der Waals surface area contributed by atoms with E-state index in [1.807, 2.05) is 6.20 Å². The van der Waals surface area contributed by atoms with Gasteiger partial charge < -0.3 is 0 Å². The molecule has 1 aliphatic rings. The van der Waals surface area contributed by atoms with E-state index in [-0.39, 0.29) is 0 Å². The van der Waals surface area contributed by atoms with Gasteiger partial charge in [0.1, 0.15) is 0 Å². The second-order valence-corrected chi connectivity index (χ2v) is 9.99. The Morgan fingerprint density at radius 2 is 1.41 bits per heavy atom. The molecule has 2 aromatic carbocycles. The van der Waals surface area contributed by atoms with E-state index in [1.54, 1.807) is 0 Å². The topological polar surface area (TPSA) is 19.4 Å². The fraction of sp³-hybridized carbons (Fsp3) is 0.387. The van der Waals surface area contributed by atoms with Crippen molar-refractivity contribution < 1.29 is 0 Å². The van der Waals surface area contributed by atoms with Crippen LogP contribution in [0.3, 0.4) is 0 Å². The average Bonchev–Trinajstić information content (AvgIpc) is 2.83. The molecule has 2 heterocycles. The van der Waals surface area contributed by atoms with E-state index in [1.165, 1.54) is 50.1 Å². The molecule has 0 aliphatic carbocycles. The summed E-state index contributed by atoms with van der Waals surface area (Å²) in [6.07, 6.45) is 6.58. The number of rotatable bonds is 6. The van der Waals surface area contributed by atoms with Gasteiger partial charge in [0.2, 0.25) is 0 Å². The zero-order valence-electron chi connectivity index (χ0n) is 21.8. The highest BCUT2D eigenvalue weighted by Gasteiger charge is 2.16. The van der Waals surface area contributed by atoms with Crippen molar-refractivity contribution in [1.29, 1.82) is 0 Å². The molecule has 0 amide bonds.